The Hall–Kier alpha value is -2.05. The zero-order chi connectivity index (χ0) is 11.9. The summed E-state index contributed by atoms with van der Waals surface area (Å²) in [6.07, 6.45) is -2.75. The van der Waals surface area contributed by atoms with Gasteiger partial charge in [0, 0.05) is 12.1 Å². The van der Waals surface area contributed by atoms with Gasteiger partial charge in [0.2, 0.25) is 12.4 Å². The molecule has 0 saturated carbocycles. The van der Waals surface area contributed by atoms with Crippen molar-refractivity contribution in [3.05, 3.63) is 46.6 Å². The Labute approximate surface area is 87.3 Å². The van der Waals surface area contributed by atoms with Gasteiger partial charge in [-0.1, -0.05) is 0 Å². The molecule has 1 heterocycles. The molecular formula is C9H5F3N2O2. The van der Waals surface area contributed by atoms with Crippen molar-refractivity contribution in [1.82, 2.24) is 0 Å². The number of fused-ring (bicyclic) bond motifs is 1. The summed E-state index contributed by atoms with van der Waals surface area (Å²) in [6.45, 7) is 0. The van der Waals surface area contributed by atoms with E-state index in [4.69, 9.17) is 0 Å². The average Bonchev–Trinajstić information content (AvgIpc) is 2.22. The highest BCUT2D eigenvalue weighted by Crippen LogP contribution is 2.29. The minimum atomic E-state index is -4.54. The molecule has 0 spiro atoms. The summed E-state index contributed by atoms with van der Waals surface area (Å²) in [7, 11) is 0. The number of hydrogen-bond donors (Lipinski definition) is 0. The molecule has 0 amide bonds. The fourth-order valence-corrected chi connectivity index (χ4v) is 1.34. The molecule has 7 heteroatoms. The van der Waals surface area contributed by atoms with Crippen LogP contribution in [-0.2, 0) is 6.18 Å². The van der Waals surface area contributed by atoms with Gasteiger partial charge in [-0.25, -0.2) is 0 Å². The van der Waals surface area contributed by atoms with Crippen molar-refractivity contribution in [3.63, 3.8) is 0 Å². The third-order valence-corrected chi connectivity index (χ3v) is 2.12. The molecule has 0 bridgehead atoms. The smallest absolute Gasteiger partial charge is 0.416 e. The van der Waals surface area contributed by atoms with E-state index in [2.05, 4.69) is 0 Å². The maximum atomic E-state index is 12.4. The minimum Gasteiger partial charge on any atom is -0.618 e. The van der Waals surface area contributed by atoms with E-state index in [0.717, 1.165) is 24.5 Å². The number of hydrogen-bond acceptors (Lipinski definition) is 2. The van der Waals surface area contributed by atoms with Gasteiger partial charge in [-0.2, -0.15) is 22.6 Å². The van der Waals surface area contributed by atoms with Crippen LogP contribution in [0.2, 0.25) is 0 Å². The Kier molecular flexibility index (Phi) is 2.11. The highest BCUT2D eigenvalue weighted by atomic mass is 19.4. The number of aromatic nitrogens is 2. The van der Waals surface area contributed by atoms with Gasteiger partial charge in [-0.3, -0.25) is 0 Å². The molecule has 0 aliphatic carbocycles. The van der Waals surface area contributed by atoms with Crippen LogP contribution >= 0.6 is 0 Å². The second-order valence-corrected chi connectivity index (χ2v) is 3.15. The van der Waals surface area contributed by atoms with Crippen molar-refractivity contribution in [1.29, 1.82) is 0 Å². The Morgan fingerprint density at radius 2 is 1.50 bits per heavy atom. The van der Waals surface area contributed by atoms with Crippen LogP contribution in [0.1, 0.15) is 5.56 Å². The van der Waals surface area contributed by atoms with Crippen LogP contribution in [0.3, 0.4) is 0 Å². The van der Waals surface area contributed by atoms with E-state index in [1.54, 1.807) is 0 Å². The third kappa shape index (κ3) is 1.60. The molecule has 16 heavy (non-hydrogen) atoms. The molecule has 2 rings (SSSR count). The van der Waals surface area contributed by atoms with Crippen molar-refractivity contribution in [3.8, 4) is 0 Å². The first-order valence-electron chi connectivity index (χ1n) is 4.22. The van der Waals surface area contributed by atoms with E-state index in [9.17, 15) is 23.6 Å². The van der Waals surface area contributed by atoms with E-state index in [1.165, 1.54) is 0 Å². The molecule has 4 nitrogen and oxygen atoms in total. The standard InChI is InChI=1S/C9H5F3N2O2/c10-9(11,12)6-1-2-7-8(5-6)14(16)4-3-13(7)15/h1-5H. The predicted octanol–water partition coefficient (Wildman–Crippen LogP) is 1.13. The van der Waals surface area contributed by atoms with Gasteiger partial charge in [-0.15, -0.1) is 0 Å². The van der Waals surface area contributed by atoms with E-state index in [1.807, 2.05) is 0 Å². The molecule has 0 radical (unpaired) electrons. The molecule has 0 saturated heterocycles. The van der Waals surface area contributed by atoms with E-state index in [0.29, 0.717) is 10.8 Å². The van der Waals surface area contributed by atoms with Crippen molar-refractivity contribution in [2.75, 3.05) is 0 Å². The maximum Gasteiger partial charge on any atom is 0.416 e. The number of halogens is 3. The van der Waals surface area contributed by atoms with Gasteiger partial charge in [0.15, 0.2) is 0 Å². The van der Waals surface area contributed by atoms with Crippen LogP contribution in [0.25, 0.3) is 11.0 Å². The largest absolute Gasteiger partial charge is 0.618 e. The van der Waals surface area contributed by atoms with E-state index < -0.39 is 11.7 Å². The molecule has 0 aliphatic heterocycles. The molecule has 0 aliphatic rings. The topological polar surface area (TPSA) is 53.9 Å². The maximum absolute atomic E-state index is 12.4. The summed E-state index contributed by atoms with van der Waals surface area (Å²) in [4.78, 5) is 0. The highest BCUT2D eigenvalue weighted by Gasteiger charge is 2.32. The molecule has 2 aromatic rings. The van der Waals surface area contributed by atoms with Gasteiger partial charge >= 0.3 is 6.18 Å². The van der Waals surface area contributed by atoms with Gasteiger partial charge in [0.1, 0.15) is 0 Å². The Bertz CT molecular complexity index is 554. The van der Waals surface area contributed by atoms with Crippen LogP contribution in [-0.4, -0.2) is 0 Å². The van der Waals surface area contributed by atoms with Crippen molar-refractivity contribution in [2.24, 2.45) is 0 Å². The lowest BCUT2D eigenvalue weighted by Crippen LogP contribution is -2.37. The van der Waals surface area contributed by atoms with Gasteiger partial charge < -0.3 is 10.4 Å². The van der Waals surface area contributed by atoms with E-state index in [-0.39, 0.29) is 15.8 Å². The summed E-state index contributed by atoms with van der Waals surface area (Å²) in [6, 6.07) is 2.38. The van der Waals surface area contributed by atoms with Crippen LogP contribution in [0.4, 0.5) is 13.2 Å². The molecule has 0 unspecified atom stereocenters. The predicted molar refractivity (Wildman–Crippen MR) is 46.9 cm³/mol. The first-order valence-corrected chi connectivity index (χ1v) is 4.22. The summed E-state index contributed by atoms with van der Waals surface area (Å²) < 4.78 is 37.6. The lowest BCUT2D eigenvalue weighted by molar-refractivity contribution is -0.628. The van der Waals surface area contributed by atoms with Gasteiger partial charge in [-0.05, 0) is 6.07 Å². The molecule has 0 N–H and O–H groups in total. The zero-order valence-electron chi connectivity index (χ0n) is 7.73. The van der Waals surface area contributed by atoms with E-state index >= 15 is 0 Å². The van der Waals surface area contributed by atoms with Crippen LogP contribution in [0.15, 0.2) is 30.6 Å². The summed E-state index contributed by atoms with van der Waals surface area (Å²) >= 11 is 0. The van der Waals surface area contributed by atoms with Gasteiger partial charge in [0.25, 0.3) is 11.0 Å². The lowest BCUT2D eigenvalue weighted by Gasteiger charge is -2.07. The number of nitrogens with zero attached hydrogens (tertiary/aromatic N) is 2. The molecule has 0 fully saturated rings. The zero-order valence-corrected chi connectivity index (χ0v) is 7.73. The van der Waals surface area contributed by atoms with Gasteiger partial charge in [0.05, 0.1) is 5.56 Å². The Balaban J connectivity index is 2.76. The SMILES string of the molecule is [O-][n+]1cc[n+]([O-])c2cc(C(F)(F)F)ccc21. The third-order valence-electron chi connectivity index (χ3n) is 2.12. The highest BCUT2D eigenvalue weighted by molar-refractivity contribution is 5.68. The van der Waals surface area contributed by atoms with Crippen molar-refractivity contribution < 1.29 is 22.6 Å². The first kappa shape index (κ1) is 10.5. The Morgan fingerprint density at radius 1 is 0.938 bits per heavy atom. The molecule has 84 valence electrons. The fourth-order valence-electron chi connectivity index (χ4n) is 1.34. The molecule has 1 aromatic carbocycles. The van der Waals surface area contributed by atoms with Crippen LogP contribution in [0, 0.1) is 10.4 Å². The summed E-state index contributed by atoms with van der Waals surface area (Å²) in [5, 5.41) is 22.4. The molecule has 1 aromatic heterocycles. The number of benzene rings is 1. The second kappa shape index (κ2) is 3.22. The fraction of sp³-hybridized carbons (Fsp3) is 0.111. The van der Waals surface area contributed by atoms with Crippen molar-refractivity contribution in [2.45, 2.75) is 6.18 Å². The minimum absolute atomic E-state index is 0.106. The first-order chi connectivity index (χ1) is 7.39. The number of rotatable bonds is 0. The van der Waals surface area contributed by atoms with Crippen LogP contribution < -0.4 is 9.46 Å². The molecule has 0 atom stereocenters. The second-order valence-electron chi connectivity index (χ2n) is 3.15. The quantitative estimate of drug-likeness (QED) is 0.503. The van der Waals surface area contributed by atoms with Crippen LogP contribution in [0.5, 0.6) is 0 Å². The summed E-state index contributed by atoms with van der Waals surface area (Å²) in [5.41, 5.74) is -1.38. The summed E-state index contributed by atoms with van der Waals surface area (Å²) in [5.74, 6) is 0. The monoisotopic (exact) mass is 230 g/mol. The normalized spacial score (nSPS) is 11.9. The average molecular weight is 230 g/mol. The Morgan fingerprint density at radius 3 is 2.06 bits per heavy atom. The lowest BCUT2D eigenvalue weighted by atomic mass is 10.2. The number of alkyl halides is 3. The molecular weight excluding hydrogens is 225 g/mol. The van der Waals surface area contributed by atoms with Crippen molar-refractivity contribution >= 4 is 11.0 Å².